The van der Waals surface area contributed by atoms with Crippen LogP contribution in [0.4, 0.5) is 13.2 Å². The van der Waals surface area contributed by atoms with Crippen molar-refractivity contribution in [3.05, 3.63) is 59.2 Å². The van der Waals surface area contributed by atoms with Crippen LogP contribution in [0.25, 0.3) is 0 Å². The summed E-state index contributed by atoms with van der Waals surface area (Å²) >= 11 is 0. The molecule has 2 aliphatic carbocycles. The van der Waals surface area contributed by atoms with E-state index >= 15 is 4.39 Å². The van der Waals surface area contributed by atoms with Gasteiger partial charge in [-0.25, -0.2) is 13.2 Å². The van der Waals surface area contributed by atoms with Gasteiger partial charge in [-0.3, -0.25) is 0 Å². The molecule has 3 rings (SSSR count). The molecule has 0 heterocycles. The molecule has 2 aliphatic rings. The van der Waals surface area contributed by atoms with E-state index in [-0.39, 0.29) is 17.9 Å². The van der Waals surface area contributed by atoms with Crippen LogP contribution in [0, 0.1) is 5.92 Å². The van der Waals surface area contributed by atoms with Gasteiger partial charge in [0.2, 0.25) is 5.67 Å². The molecule has 26 heavy (non-hydrogen) atoms. The van der Waals surface area contributed by atoms with Crippen LogP contribution in [0.15, 0.2) is 48.1 Å². The highest BCUT2D eigenvalue weighted by Gasteiger charge is 2.41. The Morgan fingerprint density at radius 1 is 1.04 bits per heavy atom. The summed E-state index contributed by atoms with van der Waals surface area (Å²) in [6.45, 7) is 2.22. The summed E-state index contributed by atoms with van der Waals surface area (Å²) in [5.74, 6) is -0.511. The van der Waals surface area contributed by atoms with Crippen molar-refractivity contribution in [3.8, 4) is 0 Å². The van der Waals surface area contributed by atoms with Crippen molar-refractivity contribution in [1.29, 1.82) is 0 Å². The lowest BCUT2D eigenvalue weighted by Gasteiger charge is -2.33. The van der Waals surface area contributed by atoms with Gasteiger partial charge in [-0.1, -0.05) is 56.9 Å². The van der Waals surface area contributed by atoms with Crippen LogP contribution in [0.1, 0.15) is 81.8 Å². The molecular weight excluding hydrogens is 333 g/mol. The second-order valence-corrected chi connectivity index (χ2v) is 7.86. The maximum Gasteiger partial charge on any atom is 0.207 e. The molecule has 0 aromatic heterocycles. The normalized spacial score (nSPS) is 29.2. The minimum atomic E-state index is -2.46. The molecule has 1 saturated carbocycles. The quantitative estimate of drug-likeness (QED) is 0.453. The van der Waals surface area contributed by atoms with E-state index in [0.717, 1.165) is 49.3 Å². The van der Waals surface area contributed by atoms with Crippen LogP contribution in [0.5, 0.6) is 0 Å². The largest absolute Gasteiger partial charge is 0.226 e. The van der Waals surface area contributed by atoms with E-state index in [1.54, 1.807) is 12.1 Å². The molecule has 0 saturated heterocycles. The molecule has 0 bridgehead atoms. The standard InChI is InChI=1S/C23H29F3/c1-2-3-4-7-17-10-12-18(13-11-17)20-8-5-6-9-21(20)23(26)16-19(24)14-15-22(23)25/h5-6,8-9,15-18H,2-4,7,10-14H2,1H3. The second-order valence-electron chi connectivity index (χ2n) is 7.86. The van der Waals surface area contributed by atoms with Gasteiger partial charge in [0.15, 0.2) is 0 Å². The Bertz CT molecular complexity index is 668. The monoisotopic (exact) mass is 362 g/mol. The molecular formula is C23H29F3. The number of benzene rings is 1. The molecule has 1 aromatic carbocycles. The van der Waals surface area contributed by atoms with Gasteiger partial charge < -0.3 is 0 Å². The molecule has 0 radical (unpaired) electrons. The third kappa shape index (κ3) is 4.07. The topological polar surface area (TPSA) is 0 Å². The highest BCUT2D eigenvalue weighted by Crippen LogP contribution is 2.47. The first-order valence-electron chi connectivity index (χ1n) is 10.1. The summed E-state index contributed by atoms with van der Waals surface area (Å²) in [7, 11) is 0. The summed E-state index contributed by atoms with van der Waals surface area (Å²) < 4.78 is 43.6. The molecule has 3 heteroatoms. The fourth-order valence-corrected chi connectivity index (χ4v) is 4.52. The first-order valence-corrected chi connectivity index (χ1v) is 10.1. The first-order chi connectivity index (χ1) is 12.5. The molecule has 0 spiro atoms. The predicted molar refractivity (Wildman–Crippen MR) is 101 cm³/mol. The molecule has 0 amide bonds. The Hall–Kier alpha value is -1.51. The summed E-state index contributed by atoms with van der Waals surface area (Å²) in [6, 6.07) is 7.10. The lowest BCUT2D eigenvalue weighted by atomic mass is 9.74. The van der Waals surface area contributed by atoms with Gasteiger partial charge in [0.1, 0.15) is 11.7 Å². The zero-order chi connectivity index (χ0) is 18.6. The van der Waals surface area contributed by atoms with E-state index < -0.39 is 17.3 Å². The SMILES string of the molecule is CCCCCC1CCC(c2ccccc2C2(F)C=C(F)CC=C2F)CC1. The lowest BCUT2D eigenvalue weighted by molar-refractivity contribution is 0.223. The van der Waals surface area contributed by atoms with E-state index in [4.69, 9.17) is 0 Å². The number of alkyl halides is 1. The Labute approximate surface area is 155 Å². The minimum Gasteiger partial charge on any atom is -0.226 e. The van der Waals surface area contributed by atoms with E-state index in [1.807, 2.05) is 12.1 Å². The third-order valence-electron chi connectivity index (χ3n) is 6.03. The number of allylic oxidation sites excluding steroid dienone is 4. The fourth-order valence-electron chi connectivity index (χ4n) is 4.52. The predicted octanol–water partition coefficient (Wildman–Crippen LogP) is 7.82. The molecule has 1 unspecified atom stereocenters. The van der Waals surface area contributed by atoms with E-state index in [1.165, 1.54) is 25.7 Å². The van der Waals surface area contributed by atoms with Crippen molar-refractivity contribution in [2.75, 3.05) is 0 Å². The van der Waals surface area contributed by atoms with Gasteiger partial charge in [-0.2, -0.15) is 0 Å². The second kappa shape index (κ2) is 8.45. The van der Waals surface area contributed by atoms with Crippen molar-refractivity contribution in [3.63, 3.8) is 0 Å². The summed E-state index contributed by atoms with van der Waals surface area (Å²) in [4.78, 5) is 0. The Balaban J connectivity index is 1.77. The molecule has 0 nitrogen and oxygen atoms in total. The summed E-state index contributed by atoms with van der Waals surface area (Å²) in [5.41, 5.74) is -1.34. The number of rotatable bonds is 6. The Morgan fingerprint density at radius 2 is 1.77 bits per heavy atom. The van der Waals surface area contributed by atoms with Gasteiger partial charge in [-0.05, 0) is 55.2 Å². The molecule has 142 valence electrons. The highest BCUT2D eigenvalue weighted by molar-refractivity contribution is 5.45. The van der Waals surface area contributed by atoms with Crippen LogP contribution in [0.2, 0.25) is 0 Å². The maximum atomic E-state index is 15.5. The lowest BCUT2D eigenvalue weighted by Crippen LogP contribution is -2.25. The molecule has 1 atom stereocenters. The molecule has 1 aromatic rings. The Morgan fingerprint density at radius 3 is 2.50 bits per heavy atom. The minimum absolute atomic E-state index is 0.164. The third-order valence-corrected chi connectivity index (χ3v) is 6.03. The van der Waals surface area contributed by atoms with Crippen LogP contribution in [-0.4, -0.2) is 0 Å². The van der Waals surface area contributed by atoms with Gasteiger partial charge in [-0.15, -0.1) is 0 Å². The first kappa shape index (κ1) is 19.3. The van der Waals surface area contributed by atoms with Gasteiger partial charge in [0, 0.05) is 12.0 Å². The van der Waals surface area contributed by atoms with Crippen LogP contribution in [0.3, 0.4) is 0 Å². The smallest absolute Gasteiger partial charge is 0.207 e. The van der Waals surface area contributed by atoms with Gasteiger partial charge >= 0.3 is 0 Å². The molecule has 0 aliphatic heterocycles. The van der Waals surface area contributed by atoms with Gasteiger partial charge in [0.25, 0.3) is 0 Å². The van der Waals surface area contributed by atoms with Crippen LogP contribution >= 0.6 is 0 Å². The van der Waals surface area contributed by atoms with Crippen molar-refractivity contribution >= 4 is 0 Å². The van der Waals surface area contributed by atoms with Crippen molar-refractivity contribution in [2.45, 2.75) is 76.3 Å². The summed E-state index contributed by atoms with van der Waals surface area (Å²) in [6.07, 6.45) is 11.1. The van der Waals surface area contributed by atoms with E-state index in [9.17, 15) is 8.78 Å². The van der Waals surface area contributed by atoms with Crippen molar-refractivity contribution in [2.24, 2.45) is 5.92 Å². The number of halogens is 3. The summed E-state index contributed by atoms with van der Waals surface area (Å²) in [5, 5.41) is 0. The number of hydrogen-bond acceptors (Lipinski definition) is 0. The Kier molecular flexibility index (Phi) is 6.26. The molecule has 0 N–H and O–H groups in total. The van der Waals surface area contributed by atoms with Crippen molar-refractivity contribution < 1.29 is 13.2 Å². The van der Waals surface area contributed by atoms with Crippen LogP contribution < -0.4 is 0 Å². The van der Waals surface area contributed by atoms with Crippen molar-refractivity contribution in [1.82, 2.24) is 0 Å². The zero-order valence-electron chi connectivity index (χ0n) is 15.6. The van der Waals surface area contributed by atoms with Crippen LogP contribution in [-0.2, 0) is 5.67 Å². The van der Waals surface area contributed by atoms with E-state index in [0.29, 0.717) is 0 Å². The zero-order valence-corrected chi connectivity index (χ0v) is 15.6. The van der Waals surface area contributed by atoms with E-state index in [2.05, 4.69) is 6.92 Å². The maximum absolute atomic E-state index is 15.5. The molecule has 1 fully saturated rings. The number of unbranched alkanes of at least 4 members (excludes halogenated alkanes) is 2. The highest BCUT2D eigenvalue weighted by atomic mass is 19.2. The average molecular weight is 362 g/mol. The van der Waals surface area contributed by atoms with Gasteiger partial charge in [0.05, 0.1) is 0 Å². The average Bonchev–Trinajstić information content (AvgIpc) is 2.66. The fraction of sp³-hybridized carbons (Fsp3) is 0.565. The number of hydrogen-bond donors (Lipinski definition) is 0.